The van der Waals surface area contributed by atoms with Gasteiger partial charge in [0.15, 0.2) is 0 Å². The van der Waals surface area contributed by atoms with Crippen molar-refractivity contribution in [1.82, 2.24) is 4.90 Å². The van der Waals surface area contributed by atoms with Gasteiger partial charge in [0.05, 0.1) is 0 Å². The molecule has 0 bridgehead atoms. The number of nitrogens with zero attached hydrogens (tertiary/aromatic N) is 1. The Kier molecular flexibility index (Phi) is 8.22. The van der Waals surface area contributed by atoms with Crippen LogP contribution in [0.5, 0.6) is 5.75 Å². The molecule has 27 heavy (non-hydrogen) atoms. The summed E-state index contributed by atoms with van der Waals surface area (Å²) in [5.41, 5.74) is 1.14. The van der Waals surface area contributed by atoms with Crippen LogP contribution in [0.1, 0.15) is 69.8 Å². The number of hydrogen-bond acceptors (Lipinski definition) is 3. The van der Waals surface area contributed by atoms with Gasteiger partial charge in [0.25, 0.3) is 0 Å². The van der Waals surface area contributed by atoms with E-state index in [2.05, 4.69) is 17.5 Å². The molecule has 1 atom stereocenters. The van der Waals surface area contributed by atoms with Crippen LogP contribution < -0.4 is 4.74 Å². The van der Waals surface area contributed by atoms with E-state index in [1.165, 1.54) is 64.2 Å². The smallest absolute Gasteiger partial charge is 0.122 e. The molecule has 0 spiro atoms. The average molecular weight is 372 g/mol. The number of para-hydroxylation sites is 1. The van der Waals surface area contributed by atoms with Gasteiger partial charge >= 0.3 is 0 Å². The Balaban J connectivity index is 1.58. The highest BCUT2D eigenvalue weighted by Gasteiger charge is 2.30. The average Bonchev–Trinajstić information content (AvgIpc) is 2.73. The largest absolute Gasteiger partial charge is 0.491 e. The van der Waals surface area contributed by atoms with Gasteiger partial charge in [-0.05, 0) is 43.7 Å². The summed E-state index contributed by atoms with van der Waals surface area (Å²) < 4.78 is 6.00. The van der Waals surface area contributed by atoms with Gasteiger partial charge in [-0.25, -0.2) is 0 Å². The van der Waals surface area contributed by atoms with Crippen molar-refractivity contribution in [1.29, 1.82) is 0 Å². The minimum Gasteiger partial charge on any atom is -0.491 e. The van der Waals surface area contributed by atoms with Crippen molar-refractivity contribution in [3.05, 3.63) is 42.5 Å². The van der Waals surface area contributed by atoms with Gasteiger partial charge < -0.3 is 9.84 Å². The maximum atomic E-state index is 10.8. The lowest BCUT2D eigenvalue weighted by atomic mass is 9.88. The first-order valence-electron chi connectivity index (χ1n) is 11.0. The number of rotatable bonds is 9. The highest BCUT2D eigenvalue weighted by Crippen LogP contribution is 2.30. The standard InChI is InChI=1S/C24H37NO2/c1-2-11-20-12-9-10-17-24(20)27-19-23(26)18-25(21-13-5-3-6-14-21)22-15-7-4-8-16-22/h2,9-10,12,17,21-23,26H,1,3-8,11,13-16,18-19H2. The first-order chi connectivity index (χ1) is 13.3. The zero-order valence-electron chi connectivity index (χ0n) is 16.8. The fraction of sp³-hybridized carbons (Fsp3) is 0.667. The fourth-order valence-electron chi connectivity index (χ4n) is 4.87. The monoisotopic (exact) mass is 371 g/mol. The Labute approximate surface area is 165 Å². The van der Waals surface area contributed by atoms with Crippen LogP contribution >= 0.6 is 0 Å². The minimum absolute atomic E-state index is 0.365. The van der Waals surface area contributed by atoms with Crippen LogP contribution in [-0.2, 0) is 6.42 Å². The van der Waals surface area contributed by atoms with E-state index >= 15 is 0 Å². The van der Waals surface area contributed by atoms with Crippen LogP contribution in [0, 0.1) is 0 Å². The lowest BCUT2D eigenvalue weighted by Gasteiger charge is -2.42. The number of allylic oxidation sites excluding steroid dienone is 1. The van der Waals surface area contributed by atoms with Crippen molar-refractivity contribution in [2.75, 3.05) is 13.2 Å². The maximum Gasteiger partial charge on any atom is 0.122 e. The molecule has 2 aliphatic rings. The normalized spacial score (nSPS) is 20.5. The summed E-state index contributed by atoms with van der Waals surface area (Å²) in [6.45, 7) is 4.94. The quantitative estimate of drug-likeness (QED) is 0.611. The molecule has 1 unspecified atom stereocenters. The molecule has 0 amide bonds. The van der Waals surface area contributed by atoms with Crippen molar-refractivity contribution in [2.45, 2.75) is 88.8 Å². The zero-order chi connectivity index (χ0) is 18.9. The molecule has 0 aliphatic heterocycles. The third kappa shape index (κ3) is 6.08. The van der Waals surface area contributed by atoms with Crippen LogP contribution in [-0.4, -0.2) is 41.3 Å². The Morgan fingerprint density at radius 3 is 2.19 bits per heavy atom. The van der Waals surface area contributed by atoms with Crippen LogP contribution in [0.4, 0.5) is 0 Å². The fourth-order valence-corrected chi connectivity index (χ4v) is 4.87. The highest BCUT2D eigenvalue weighted by atomic mass is 16.5. The summed E-state index contributed by atoms with van der Waals surface area (Å²) in [4.78, 5) is 2.65. The molecule has 150 valence electrons. The van der Waals surface area contributed by atoms with E-state index in [1.54, 1.807) is 0 Å². The van der Waals surface area contributed by atoms with E-state index < -0.39 is 6.10 Å². The molecule has 2 aliphatic carbocycles. The molecular formula is C24H37NO2. The molecule has 3 nitrogen and oxygen atoms in total. The molecule has 0 aromatic heterocycles. The van der Waals surface area contributed by atoms with Crippen LogP contribution in [0.15, 0.2) is 36.9 Å². The summed E-state index contributed by atoms with van der Waals surface area (Å²) in [6, 6.07) is 9.39. The first kappa shape index (κ1) is 20.4. The minimum atomic E-state index is -0.439. The molecule has 1 N–H and O–H groups in total. The predicted molar refractivity (Wildman–Crippen MR) is 112 cm³/mol. The summed E-state index contributed by atoms with van der Waals surface area (Å²) in [7, 11) is 0. The van der Waals surface area contributed by atoms with Crippen molar-refractivity contribution in [2.24, 2.45) is 0 Å². The summed E-state index contributed by atoms with van der Waals surface area (Å²) in [6.07, 6.45) is 15.6. The second-order valence-electron chi connectivity index (χ2n) is 8.35. The van der Waals surface area contributed by atoms with Gasteiger partial charge in [-0.15, -0.1) is 6.58 Å². The van der Waals surface area contributed by atoms with E-state index in [4.69, 9.17) is 4.74 Å². The second kappa shape index (κ2) is 10.9. The molecule has 2 fully saturated rings. The van der Waals surface area contributed by atoms with Crippen LogP contribution in [0.2, 0.25) is 0 Å². The molecule has 0 saturated heterocycles. The Bertz CT molecular complexity index is 543. The van der Waals surface area contributed by atoms with E-state index in [0.29, 0.717) is 18.7 Å². The topological polar surface area (TPSA) is 32.7 Å². The second-order valence-corrected chi connectivity index (χ2v) is 8.35. The van der Waals surface area contributed by atoms with Gasteiger partial charge in [0.2, 0.25) is 0 Å². The molecule has 3 rings (SSSR count). The van der Waals surface area contributed by atoms with Crippen LogP contribution in [0.3, 0.4) is 0 Å². The maximum absolute atomic E-state index is 10.8. The van der Waals surface area contributed by atoms with Gasteiger partial charge in [0, 0.05) is 18.6 Å². The Morgan fingerprint density at radius 1 is 1.00 bits per heavy atom. The van der Waals surface area contributed by atoms with E-state index in [0.717, 1.165) is 24.3 Å². The van der Waals surface area contributed by atoms with Crippen molar-refractivity contribution < 1.29 is 9.84 Å². The Hall–Kier alpha value is -1.32. The molecule has 1 aromatic carbocycles. The van der Waals surface area contributed by atoms with Crippen molar-refractivity contribution >= 4 is 0 Å². The molecule has 1 aromatic rings. The SMILES string of the molecule is C=CCc1ccccc1OCC(O)CN(C1CCCCC1)C1CCCCC1. The van der Waals surface area contributed by atoms with Crippen molar-refractivity contribution in [3.63, 3.8) is 0 Å². The van der Waals surface area contributed by atoms with Gasteiger partial charge in [-0.3, -0.25) is 4.90 Å². The number of ether oxygens (including phenoxy) is 1. The lowest BCUT2D eigenvalue weighted by molar-refractivity contribution is 0.0116. The van der Waals surface area contributed by atoms with Gasteiger partial charge in [0.1, 0.15) is 18.5 Å². The number of benzene rings is 1. The molecule has 0 radical (unpaired) electrons. The van der Waals surface area contributed by atoms with Gasteiger partial charge in [-0.1, -0.05) is 62.8 Å². The molecule has 2 saturated carbocycles. The third-order valence-electron chi connectivity index (χ3n) is 6.28. The first-order valence-corrected chi connectivity index (χ1v) is 11.0. The summed E-state index contributed by atoms with van der Waals surface area (Å²) in [5, 5.41) is 10.8. The van der Waals surface area contributed by atoms with Gasteiger partial charge in [-0.2, -0.15) is 0 Å². The number of hydrogen-bond donors (Lipinski definition) is 1. The van der Waals surface area contributed by atoms with E-state index in [1.807, 2.05) is 24.3 Å². The highest BCUT2D eigenvalue weighted by molar-refractivity contribution is 5.34. The summed E-state index contributed by atoms with van der Waals surface area (Å²) in [5.74, 6) is 0.873. The summed E-state index contributed by atoms with van der Waals surface area (Å²) >= 11 is 0. The lowest BCUT2D eigenvalue weighted by Crippen LogP contribution is -2.49. The zero-order valence-corrected chi connectivity index (χ0v) is 16.8. The van der Waals surface area contributed by atoms with Crippen LogP contribution in [0.25, 0.3) is 0 Å². The number of aliphatic hydroxyl groups excluding tert-OH is 1. The molecular weight excluding hydrogens is 334 g/mol. The molecule has 0 heterocycles. The molecule has 3 heteroatoms. The third-order valence-corrected chi connectivity index (χ3v) is 6.28. The number of aliphatic hydroxyl groups is 1. The van der Waals surface area contributed by atoms with Crippen molar-refractivity contribution in [3.8, 4) is 5.75 Å². The predicted octanol–water partition coefficient (Wildman–Crippen LogP) is 5.12. The van der Waals surface area contributed by atoms with E-state index in [-0.39, 0.29) is 0 Å². The Morgan fingerprint density at radius 2 is 1.59 bits per heavy atom. The van der Waals surface area contributed by atoms with E-state index in [9.17, 15) is 5.11 Å².